The van der Waals surface area contributed by atoms with Gasteiger partial charge in [-0.1, -0.05) is 29.8 Å². The predicted molar refractivity (Wildman–Crippen MR) is 117 cm³/mol. The third-order valence-electron chi connectivity index (χ3n) is 4.41. The van der Waals surface area contributed by atoms with Gasteiger partial charge in [0.15, 0.2) is 0 Å². The van der Waals surface area contributed by atoms with Crippen molar-refractivity contribution in [3.05, 3.63) is 70.6 Å². The molecule has 2 aromatic carbocycles. The third kappa shape index (κ3) is 4.52. The van der Waals surface area contributed by atoms with E-state index in [1.54, 1.807) is 55.5 Å². The zero-order valence-electron chi connectivity index (χ0n) is 16.1. The summed E-state index contributed by atoms with van der Waals surface area (Å²) in [4.78, 5) is 24.5. The van der Waals surface area contributed by atoms with Crippen molar-refractivity contribution in [2.45, 2.75) is 12.1 Å². The monoisotopic (exact) mass is 454 g/mol. The Morgan fingerprint density at radius 1 is 1.16 bits per heavy atom. The van der Waals surface area contributed by atoms with E-state index >= 15 is 0 Å². The molecule has 1 amide bonds. The first kappa shape index (κ1) is 20.8. The second-order valence-electron chi connectivity index (χ2n) is 6.52. The fourth-order valence-electron chi connectivity index (χ4n) is 2.88. The lowest BCUT2D eigenvalue weighted by molar-refractivity contribution is -0.131. The highest BCUT2D eigenvalue weighted by Gasteiger charge is 2.34. The number of hydrazone groups is 1. The van der Waals surface area contributed by atoms with Gasteiger partial charge >= 0.3 is 5.97 Å². The van der Waals surface area contributed by atoms with Crippen LogP contribution in [0.1, 0.15) is 6.92 Å². The van der Waals surface area contributed by atoms with Crippen molar-refractivity contribution < 1.29 is 19.1 Å². The molecule has 1 aliphatic heterocycles. The number of hydrogen-bond acceptors (Lipinski definition) is 7. The van der Waals surface area contributed by atoms with Crippen LogP contribution in [0, 0.1) is 5.92 Å². The first-order valence-electron chi connectivity index (χ1n) is 9.09. The van der Waals surface area contributed by atoms with Crippen LogP contribution in [-0.4, -0.2) is 32.9 Å². The molecule has 0 spiro atoms. The molecule has 0 radical (unpaired) electrons. The van der Waals surface area contributed by atoms with Crippen molar-refractivity contribution in [3.8, 4) is 11.5 Å². The lowest BCUT2D eigenvalue weighted by atomic mass is 10.0. The lowest BCUT2D eigenvalue weighted by Crippen LogP contribution is -2.26. The summed E-state index contributed by atoms with van der Waals surface area (Å²) >= 11 is 6.65. The molecule has 1 N–H and O–H groups in total. The van der Waals surface area contributed by atoms with Gasteiger partial charge in [0, 0.05) is 10.6 Å². The molecular formula is C21H15ClN4O4S. The van der Waals surface area contributed by atoms with Gasteiger partial charge < -0.3 is 9.52 Å². The summed E-state index contributed by atoms with van der Waals surface area (Å²) < 4.78 is 5.57. The smallest absolute Gasteiger partial charge is 0.342 e. The molecule has 8 nitrogen and oxygen atoms in total. The van der Waals surface area contributed by atoms with E-state index in [9.17, 15) is 14.7 Å². The largest absolute Gasteiger partial charge is 0.477 e. The van der Waals surface area contributed by atoms with E-state index in [4.69, 9.17) is 16.0 Å². The van der Waals surface area contributed by atoms with Crippen LogP contribution in [-0.2, 0) is 9.59 Å². The maximum absolute atomic E-state index is 12.8. The molecule has 1 aliphatic rings. The predicted octanol–water partition coefficient (Wildman–Crippen LogP) is 4.49. The average molecular weight is 455 g/mol. The van der Waals surface area contributed by atoms with Crippen molar-refractivity contribution >= 4 is 46.6 Å². The molecule has 0 fully saturated rings. The second kappa shape index (κ2) is 8.75. The average Bonchev–Trinajstić information content (AvgIpc) is 3.34. The van der Waals surface area contributed by atoms with Crippen molar-refractivity contribution in [1.82, 2.24) is 10.2 Å². The molecule has 2 heterocycles. The number of carboxylic acids is 1. The highest BCUT2D eigenvalue weighted by atomic mass is 35.5. The molecule has 1 atom stereocenters. The van der Waals surface area contributed by atoms with E-state index in [2.05, 4.69) is 15.3 Å². The Labute approximate surface area is 186 Å². The fraction of sp³-hybridized carbons (Fsp3) is 0.0952. The summed E-state index contributed by atoms with van der Waals surface area (Å²) in [5, 5.41) is 23.6. The Morgan fingerprint density at radius 3 is 2.55 bits per heavy atom. The topological polar surface area (TPSA) is 109 Å². The van der Waals surface area contributed by atoms with Crippen LogP contribution in [0.2, 0.25) is 5.02 Å². The van der Waals surface area contributed by atoms with Gasteiger partial charge in [-0.2, -0.15) is 10.1 Å². The molecule has 0 unspecified atom stereocenters. The SMILES string of the molecule is CC1=NN(c2ccccc2)C(=O)[C@@H]1/C=C(/Sc1nnc(-c2ccc(Cl)cc2)o1)C(=O)O. The minimum atomic E-state index is -1.21. The van der Waals surface area contributed by atoms with Crippen LogP contribution in [0.3, 0.4) is 0 Å². The highest BCUT2D eigenvalue weighted by molar-refractivity contribution is 8.03. The highest BCUT2D eigenvalue weighted by Crippen LogP contribution is 2.32. The minimum absolute atomic E-state index is 0.0403. The first-order valence-corrected chi connectivity index (χ1v) is 10.3. The molecular weight excluding hydrogens is 440 g/mol. The summed E-state index contributed by atoms with van der Waals surface area (Å²) in [6.45, 7) is 1.68. The zero-order chi connectivity index (χ0) is 22.0. The number of anilines is 1. The number of nitrogens with zero attached hydrogens (tertiary/aromatic N) is 4. The number of carbonyl (C=O) groups excluding carboxylic acids is 1. The molecule has 0 aliphatic carbocycles. The van der Waals surface area contributed by atoms with Gasteiger partial charge in [-0.15, -0.1) is 10.2 Å². The summed E-state index contributed by atoms with van der Waals surface area (Å²) in [5.41, 5.74) is 1.74. The summed E-state index contributed by atoms with van der Waals surface area (Å²) in [7, 11) is 0. The van der Waals surface area contributed by atoms with E-state index in [1.807, 2.05) is 6.07 Å². The lowest BCUT2D eigenvalue weighted by Gasteiger charge is -2.12. The summed E-state index contributed by atoms with van der Waals surface area (Å²) in [5.74, 6) is -2.13. The van der Waals surface area contributed by atoms with Crippen molar-refractivity contribution in [1.29, 1.82) is 0 Å². The molecule has 0 saturated carbocycles. The Morgan fingerprint density at radius 2 is 1.87 bits per heavy atom. The van der Waals surface area contributed by atoms with E-state index in [-0.39, 0.29) is 21.9 Å². The molecule has 156 valence electrons. The number of para-hydroxylation sites is 1. The normalized spacial score (nSPS) is 16.5. The van der Waals surface area contributed by atoms with Crippen LogP contribution in [0.4, 0.5) is 5.69 Å². The van der Waals surface area contributed by atoms with Gasteiger partial charge in [0.2, 0.25) is 5.89 Å². The van der Waals surface area contributed by atoms with Gasteiger partial charge in [-0.05, 0) is 61.2 Å². The molecule has 31 heavy (non-hydrogen) atoms. The number of aliphatic carboxylic acids is 1. The summed E-state index contributed by atoms with van der Waals surface area (Å²) in [6.07, 6.45) is 1.35. The van der Waals surface area contributed by atoms with Crippen molar-refractivity contribution in [2.75, 3.05) is 5.01 Å². The molecule has 10 heteroatoms. The number of aromatic nitrogens is 2. The van der Waals surface area contributed by atoms with Crippen LogP contribution < -0.4 is 5.01 Å². The number of amides is 1. The number of benzene rings is 2. The molecule has 1 aromatic heterocycles. The zero-order valence-corrected chi connectivity index (χ0v) is 17.7. The van der Waals surface area contributed by atoms with Crippen LogP contribution in [0.5, 0.6) is 0 Å². The van der Waals surface area contributed by atoms with E-state index in [0.29, 0.717) is 22.0 Å². The molecule has 0 bridgehead atoms. The van der Waals surface area contributed by atoms with Crippen LogP contribution in [0.15, 0.2) is 80.3 Å². The van der Waals surface area contributed by atoms with E-state index in [1.165, 1.54) is 11.1 Å². The number of carboxylic acid groups (broad SMARTS) is 1. The van der Waals surface area contributed by atoms with Crippen LogP contribution >= 0.6 is 23.4 Å². The van der Waals surface area contributed by atoms with Gasteiger partial charge in [-0.25, -0.2) is 4.79 Å². The summed E-state index contributed by atoms with van der Waals surface area (Å²) in [6, 6.07) is 15.7. The number of carbonyl (C=O) groups is 2. The van der Waals surface area contributed by atoms with Crippen LogP contribution in [0.25, 0.3) is 11.5 Å². The molecule has 0 saturated heterocycles. The first-order chi connectivity index (χ1) is 14.9. The number of halogens is 1. The maximum atomic E-state index is 12.8. The Kier molecular flexibility index (Phi) is 5.88. The Balaban J connectivity index is 1.56. The number of thioether (sulfide) groups is 1. The third-order valence-corrected chi connectivity index (χ3v) is 5.53. The van der Waals surface area contributed by atoms with Gasteiger partial charge in [0.05, 0.1) is 22.2 Å². The van der Waals surface area contributed by atoms with Gasteiger partial charge in [0.1, 0.15) is 0 Å². The molecule has 4 rings (SSSR count). The Hall–Kier alpha value is -3.43. The maximum Gasteiger partial charge on any atom is 0.342 e. The van der Waals surface area contributed by atoms with Crippen molar-refractivity contribution in [3.63, 3.8) is 0 Å². The van der Waals surface area contributed by atoms with Gasteiger partial charge in [-0.3, -0.25) is 4.79 Å². The quantitative estimate of drug-likeness (QED) is 0.431. The van der Waals surface area contributed by atoms with E-state index in [0.717, 1.165) is 11.8 Å². The molecule has 3 aromatic rings. The fourth-order valence-corrected chi connectivity index (χ4v) is 3.69. The minimum Gasteiger partial charge on any atom is -0.477 e. The number of hydrogen-bond donors (Lipinski definition) is 1. The number of rotatable bonds is 6. The van der Waals surface area contributed by atoms with E-state index < -0.39 is 11.9 Å². The standard InChI is InChI=1S/C21H15ClN4O4S/c1-12-16(19(27)26(25-12)15-5-3-2-4-6-15)11-17(20(28)29)31-21-24-23-18(30-21)13-7-9-14(22)10-8-13/h2-11,16H,1H3,(H,28,29)/b17-11+/t16-/m1/s1. The van der Waals surface area contributed by atoms with Gasteiger partial charge in [0.25, 0.3) is 11.1 Å². The second-order valence-corrected chi connectivity index (χ2v) is 7.95. The van der Waals surface area contributed by atoms with Crippen molar-refractivity contribution in [2.24, 2.45) is 11.0 Å². The Bertz CT molecular complexity index is 1190.